The Labute approximate surface area is 119 Å². The van der Waals surface area contributed by atoms with Crippen LogP contribution in [0.3, 0.4) is 0 Å². The predicted molar refractivity (Wildman–Crippen MR) is 79.5 cm³/mol. The molecule has 6 heteroatoms. The van der Waals surface area contributed by atoms with Crippen molar-refractivity contribution in [2.24, 2.45) is 0 Å². The molecule has 0 radical (unpaired) electrons. The Balaban J connectivity index is 3.02. The second-order valence-corrected chi connectivity index (χ2v) is 5.06. The number of anilines is 1. The molecule has 20 heavy (non-hydrogen) atoms. The van der Waals surface area contributed by atoms with E-state index in [2.05, 4.69) is 5.32 Å². The molecule has 0 aliphatic rings. The molecule has 2 amide bonds. The summed E-state index contributed by atoms with van der Waals surface area (Å²) in [5.41, 5.74) is 6.86. The first-order valence-corrected chi connectivity index (χ1v) is 6.87. The summed E-state index contributed by atoms with van der Waals surface area (Å²) in [6.45, 7) is 6.54. The van der Waals surface area contributed by atoms with E-state index in [1.807, 2.05) is 25.3 Å². The topological polar surface area (TPSA) is 80.4 Å². The van der Waals surface area contributed by atoms with Crippen LogP contribution in [-0.4, -0.2) is 41.4 Å². The average molecular weight is 280 g/mol. The molecule has 0 aliphatic carbocycles. The Bertz CT molecular complexity index is 480. The van der Waals surface area contributed by atoms with Crippen LogP contribution in [0, 0.1) is 0 Å². The Kier molecular flexibility index (Phi) is 5.61. The van der Waals surface area contributed by atoms with Crippen molar-refractivity contribution in [2.45, 2.75) is 33.2 Å². The van der Waals surface area contributed by atoms with Gasteiger partial charge in [-0.3, -0.25) is 9.59 Å². The van der Waals surface area contributed by atoms with Crippen molar-refractivity contribution in [3.63, 3.8) is 0 Å². The van der Waals surface area contributed by atoms with Crippen molar-refractivity contribution in [1.82, 2.24) is 14.8 Å². The van der Waals surface area contributed by atoms with E-state index in [9.17, 15) is 9.59 Å². The Hall–Kier alpha value is -1.98. The van der Waals surface area contributed by atoms with Gasteiger partial charge < -0.3 is 20.5 Å². The Morgan fingerprint density at radius 1 is 1.45 bits per heavy atom. The van der Waals surface area contributed by atoms with Gasteiger partial charge in [-0.15, -0.1) is 0 Å². The molecular formula is C14H24N4O2. The van der Waals surface area contributed by atoms with Gasteiger partial charge in [0.1, 0.15) is 5.69 Å². The maximum Gasteiger partial charge on any atom is 0.271 e. The second-order valence-electron chi connectivity index (χ2n) is 5.06. The molecule has 1 rings (SSSR count). The number of carbonyl (C=O) groups is 2. The van der Waals surface area contributed by atoms with Gasteiger partial charge in [-0.1, -0.05) is 6.92 Å². The van der Waals surface area contributed by atoms with Crippen molar-refractivity contribution in [3.8, 4) is 0 Å². The maximum atomic E-state index is 12.6. The third kappa shape index (κ3) is 3.76. The van der Waals surface area contributed by atoms with Crippen LogP contribution < -0.4 is 11.1 Å². The minimum Gasteiger partial charge on any atom is -0.397 e. The van der Waals surface area contributed by atoms with Crippen molar-refractivity contribution in [1.29, 1.82) is 0 Å². The fourth-order valence-electron chi connectivity index (χ4n) is 2.04. The lowest BCUT2D eigenvalue weighted by molar-refractivity contribution is -0.121. The van der Waals surface area contributed by atoms with Gasteiger partial charge in [0.15, 0.2) is 0 Å². The van der Waals surface area contributed by atoms with Gasteiger partial charge >= 0.3 is 0 Å². The number of aromatic nitrogens is 1. The van der Waals surface area contributed by atoms with Crippen LogP contribution in [0.5, 0.6) is 0 Å². The second kappa shape index (κ2) is 6.98. The number of hydrogen-bond acceptors (Lipinski definition) is 3. The molecule has 0 saturated carbocycles. The van der Waals surface area contributed by atoms with Gasteiger partial charge in [0, 0.05) is 25.8 Å². The number of carbonyl (C=O) groups excluding carboxylic acids is 2. The Morgan fingerprint density at radius 2 is 2.10 bits per heavy atom. The van der Waals surface area contributed by atoms with Crippen LogP contribution >= 0.6 is 0 Å². The number of nitrogen functional groups attached to an aromatic ring is 1. The summed E-state index contributed by atoms with van der Waals surface area (Å²) in [5, 5.41) is 2.54. The Morgan fingerprint density at radius 3 is 2.60 bits per heavy atom. The fourth-order valence-corrected chi connectivity index (χ4v) is 2.04. The van der Waals surface area contributed by atoms with E-state index in [1.165, 1.54) is 0 Å². The van der Waals surface area contributed by atoms with E-state index in [0.717, 1.165) is 6.42 Å². The van der Waals surface area contributed by atoms with Gasteiger partial charge in [-0.2, -0.15) is 0 Å². The average Bonchev–Trinajstić information content (AvgIpc) is 2.79. The molecular weight excluding hydrogens is 256 g/mol. The van der Waals surface area contributed by atoms with E-state index < -0.39 is 0 Å². The quantitative estimate of drug-likeness (QED) is 0.823. The molecule has 6 nitrogen and oxygen atoms in total. The number of amides is 2. The van der Waals surface area contributed by atoms with Crippen LogP contribution in [0.2, 0.25) is 0 Å². The van der Waals surface area contributed by atoms with Gasteiger partial charge in [-0.25, -0.2) is 0 Å². The minimum atomic E-state index is -0.178. The molecule has 0 unspecified atom stereocenters. The standard InChI is InChI=1S/C14H24N4O2/c1-5-6-17(9-13(19)16-4)14(20)12-7-11(15)8-18(12)10(2)3/h7-8,10H,5-6,9,15H2,1-4H3,(H,16,19). The highest BCUT2D eigenvalue weighted by Gasteiger charge is 2.22. The summed E-state index contributed by atoms with van der Waals surface area (Å²) < 4.78 is 1.84. The van der Waals surface area contributed by atoms with Gasteiger partial charge in [0.25, 0.3) is 5.91 Å². The van der Waals surface area contributed by atoms with Crippen LogP contribution in [0.4, 0.5) is 5.69 Å². The third-order valence-corrected chi connectivity index (χ3v) is 3.04. The molecule has 1 heterocycles. The van der Waals surface area contributed by atoms with Crippen LogP contribution in [0.25, 0.3) is 0 Å². The van der Waals surface area contributed by atoms with E-state index in [-0.39, 0.29) is 24.4 Å². The molecule has 3 N–H and O–H groups in total. The number of nitrogens with zero attached hydrogens (tertiary/aromatic N) is 2. The van der Waals surface area contributed by atoms with Crippen LogP contribution in [0.15, 0.2) is 12.3 Å². The SMILES string of the molecule is CCCN(CC(=O)NC)C(=O)c1cc(N)cn1C(C)C. The van der Waals surface area contributed by atoms with E-state index in [0.29, 0.717) is 17.9 Å². The fraction of sp³-hybridized carbons (Fsp3) is 0.571. The molecule has 0 spiro atoms. The number of rotatable bonds is 6. The van der Waals surface area contributed by atoms with Crippen LogP contribution in [-0.2, 0) is 4.79 Å². The first-order chi connectivity index (χ1) is 9.40. The molecule has 1 aromatic heterocycles. The highest BCUT2D eigenvalue weighted by molar-refractivity contribution is 5.96. The molecule has 0 bridgehead atoms. The van der Waals surface area contributed by atoms with E-state index in [4.69, 9.17) is 5.73 Å². The van der Waals surface area contributed by atoms with Gasteiger partial charge in [-0.05, 0) is 26.3 Å². The number of hydrogen-bond donors (Lipinski definition) is 2. The monoisotopic (exact) mass is 280 g/mol. The summed E-state index contributed by atoms with van der Waals surface area (Å²) in [7, 11) is 1.56. The first-order valence-electron chi connectivity index (χ1n) is 6.87. The summed E-state index contributed by atoms with van der Waals surface area (Å²) in [6, 6.07) is 1.80. The first kappa shape index (κ1) is 16.1. The number of nitrogens with two attached hydrogens (primary N) is 1. The number of likely N-dealkylation sites (N-methyl/N-ethyl adjacent to an activating group) is 1. The largest absolute Gasteiger partial charge is 0.397 e. The molecule has 1 aromatic rings. The van der Waals surface area contributed by atoms with Crippen molar-refractivity contribution in [2.75, 3.05) is 25.9 Å². The van der Waals surface area contributed by atoms with Gasteiger partial charge in [0.05, 0.1) is 12.2 Å². The summed E-state index contributed by atoms with van der Waals surface area (Å²) in [4.78, 5) is 25.7. The zero-order valence-electron chi connectivity index (χ0n) is 12.6. The van der Waals surface area contributed by atoms with E-state index >= 15 is 0 Å². The molecule has 0 fully saturated rings. The lowest BCUT2D eigenvalue weighted by atomic mass is 10.3. The molecule has 0 saturated heterocycles. The smallest absolute Gasteiger partial charge is 0.271 e. The van der Waals surface area contributed by atoms with Gasteiger partial charge in [0.2, 0.25) is 5.91 Å². The highest BCUT2D eigenvalue weighted by Crippen LogP contribution is 2.18. The zero-order chi connectivity index (χ0) is 15.3. The summed E-state index contributed by atoms with van der Waals surface area (Å²) in [5.74, 6) is -0.344. The molecule has 0 aromatic carbocycles. The normalized spacial score (nSPS) is 10.7. The van der Waals surface area contributed by atoms with Crippen molar-refractivity contribution >= 4 is 17.5 Å². The summed E-state index contributed by atoms with van der Waals surface area (Å²) >= 11 is 0. The molecule has 0 atom stereocenters. The summed E-state index contributed by atoms with van der Waals surface area (Å²) in [6.07, 6.45) is 2.54. The highest BCUT2D eigenvalue weighted by atomic mass is 16.2. The van der Waals surface area contributed by atoms with Crippen molar-refractivity contribution in [3.05, 3.63) is 18.0 Å². The zero-order valence-corrected chi connectivity index (χ0v) is 12.6. The maximum absolute atomic E-state index is 12.6. The van der Waals surface area contributed by atoms with E-state index in [1.54, 1.807) is 24.2 Å². The molecule has 0 aliphatic heterocycles. The third-order valence-electron chi connectivity index (χ3n) is 3.04. The predicted octanol–water partition coefficient (Wildman–Crippen LogP) is 1.25. The lowest BCUT2D eigenvalue weighted by Gasteiger charge is -2.22. The van der Waals surface area contributed by atoms with Crippen molar-refractivity contribution < 1.29 is 9.59 Å². The van der Waals surface area contributed by atoms with Crippen LogP contribution in [0.1, 0.15) is 43.7 Å². The molecule has 112 valence electrons. The number of nitrogens with one attached hydrogen (secondary N) is 1. The lowest BCUT2D eigenvalue weighted by Crippen LogP contribution is -2.40. The minimum absolute atomic E-state index is 0.0619.